The molecule has 0 aliphatic heterocycles. The number of hydrogen-bond acceptors (Lipinski definition) is 0. The van der Waals surface area contributed by atoms with Crippen LogP contribution in [0.25, 0.3) is 21.5 Å². The van der Waals surface area contributed by atoms with Gasteiger partial charge in [-0.1, -0.05) is 85.1 Å². The number of benzene rings is 3. The van der Waals surface area contributed by atoms with Gasteiger partial charge >= 0.3 is 0 Å². The first-order valence-electron chi connectivity index (χ1n) is 7.15. The highest BCUT2D eigenvalue weighted by Crippen LogP contribution is 2.24. The molecule has 0 aliphatic rings. The first-order chi connectivity index (χ1) is 9.59. The topological polar surface area (TPSA) is 0 Å². The van der Waals surface area contributed by atoms with Crippen molar-refractivity contribution in [3.63, 3.8) is 0 Å². The van der Waals surface area contributed by atoms with E-state index in [4.69, 9.17) is 0 Å². The van der Waals surface area contributed by atoms with Gasteiger partial charge in [0.1, 0.15) is 0 Å². The molecule has 3 aromatic rings. The zero-order chi connectivity index (χ0) is 14.3. The van der Waals surface area contributed by atoms with Crippen molar-refractivity contribution in [2.75, 3.05) is 0 Å². The van der Waals surface area contributed by atoms with Gasteiger partial charge in [0.2, 0.25) is 0 Å². The summed E-state index contributed by atoms with van der Waals surface area (Å²) < 4.78 is 0. The second-order valence-corrected chi connectivity index (χ2v) is 10.9. The highest BCUT2D eigenvalue weighted by atomic mass is 28.3. The van der Waals surface area contributed by atoms with E-state index in [0.717, 1.165) is 0 Å². The fourth-order valence-corrected chi connectivity index (χ4v) is 5.37. The van der Waals surface area contributed by atoms with Gasteiger partial charge in [-0.05, 0) is 21.5 Å². The van der Waals surface area contributed by atoms with E-state index in [1.54, 1.807) is 10.4 Å². The molecular weight excluding hydrogens is 272 g/mol. The van der Waals surface area contributed by atoms with E-state index in [1.807, 2.05) is 0 Å². The Bertz CT molecular complexity index is 706. The quantitative estimate of drug-likeness (QED) is 0.496. The summed E-state index contributed by atoms with van der Waals surface area (Å²) in [4.78, 5) is 0. The van der Waals surface area contributed by atoms with Gasteiger partial charge in [-0.25, -0.2) is 0 Å². The Hall–Kier alpha value is -1.39. The van der Waals surface area contributed by atoms with Crippen LogP contribution in [0.15, 0.2) is 48.5 Å². The van der Waals surface area contributed by atoms with Crippen molar-refractivity contribution >= 4 is 49.5 Å². The second kappa shape index (κ2) is 5.19. The van der Waals surface area contributed by atoms with E-state index >= 15 is 0 Å². The van der Waals surface area contributed by atoms with E-state index in [2.05, 4.69) is 74.7 Å². The SMILES string of the molecule is C[Si](C)c1cccc2c1ccc1c([Si](C)C)cccc12. The number of hydrogen-bond donors (Lipinski definition) is 0. The molecule has 2 heteroatoms. The van der Waals surface area contributed by atoms with Gasteiger partial charge < -0.3 is 0 Å². The third-order valence-electron chi connectivity index (χ3n) is 4.00. The molecule has 0 atom stereocenters. The predicted molar refractivity (Wildman–Crippen MR) is 95.7 cm³/mol. The average molecular weight is 293 g/mol. The molecule has 0 heterocycles. The van der Waals surface area contributed by atoms with Crippen LogP contribution in [0.2, 0.25) is 26.2 Å². The molecule has 3 rings (SSSR count). The fraction of sp³-hybridized carbons (Fsp3) is 0.222. The third-order valence-corrected chi connectivity index (χ3v) is 7.02. The molecule has 100 valence electrons. The zero-order valence-corrected chi connectivity index (χ0v) is 14.6. The lowest BCUT2D eigenvalue weighted by Crippen LogP contribution is -2.24. The summed E-state index contributed by atoms with van der Waals surface area (Å²) in [5.74, 6) is 0. The lowest BCUT2D eigenvalue weighted by atomic mass is 10.0. The largest absolute Gasteiger partial charge is 0.0799 e. The maximum absolute atomic E-state index is 2.37. The Labute approximate surface area is 124 Å². The standard InChI is InChI=1S/C18H20Si2/c1-19(2)17-9-5-7-13-14-8-6-10-18(20(3)4)16(14)12-11-15(13)17/h5-12H,1-4H3. The molecule has 2 radical (unpaired) electrons. The van der Waals surface area contributed by atoms with Crippen molar-refractivity contribution in [1.82, 2.24) is 0 Å². The number of rotatable bonds is 2. The molecule has 0 amide bonds. The van der Waals surface area contributed by atoms with Gasteiger partial charge in [0.25, 0.3) is 0 Å². The minimum absolute atomic E-state index is 0.425. The molecule has 0 bridgehead atoms. The molecular formula is C18H20Si2. The summed E-state index contributed by atoms with van der Waals surface area (Å²) in [6.45, 7) is 9.50. The van der Waals surface area contributed by atoms with E-state index < -0.39 is 17.6 Å². The van der Waals surface area contributed by atoms with E-state index in [-0.39, 0.29) is 0 Å². The van der Waals surface area contributed by atoms with Gasteiger partial charge in [0.15, 0.2) is 0 Å². The van der Waals surface area contributed by atoms with Crippen LogP contribution in [-0.2, 0) is 0 Å². The minimum atomic E-state index is -0.425. The van der Waals surface area contributed by atoms with Crippen molar-refractivity contribution in [3.8, 4) is 0 Å². The monoisotopic (exact) mass is 292 g/mol. The highest BCUT2D eigenvalue weighted by molar-refractivity contribution is 6.74. The summed E-state index contributed by atoms with van der Waals surface area (Å²) in [5.41, 5.74) is 0. The fourth-order valence-electron chi connectivity index (χ4n) is 3.00. The van der Waals surface area contributed by atoms with Crippen molar-refractivity contribution in [2.45, 2.75) is 26.2 Å². The summed E-state index contributed by atoms with van der Waals surface area (Å²) >= 11 is 0. The Morgan fingerprint density at radius 1 is 0.500 bits per heavy atom. The van der Waals surface area contributed by atoms with Gasteiger partial charge in [-0.3, -0.25) is 0 Å². The zero-order valence-electron chi connectivity index (χ0n) is 12.6. The highest BCUT2D eigenvalue weighted by Gasteiger charge is 2.11. The van der Waals surface area contributed by atoms with Crippen molar-refractivity contribution in [2.24, 2.45) is 0 Å². The Morgan fingerprint density at radius 2 is 0.900 bits per heavy atom. The maximum Gasteiger partial charge on any atom is 0.0799 e. The first kappa shape index (κ1) is 13.6. The number of fused-ring (bicyclic) bond motifs is 3. The molecule has 0 N–H and O–H groups in total. The van der Waals surface area contributed by atoms with E-state index in [9.17, 15) is 0 Å². The van der Waals surface area contributed by atoms with Gasteiger partial charge in [0.05, 0.1) is 17.6 Å². The van der Waals surface area contributed by atoms with Crippen LogP contribution in [0.1, 0.15) is 0 Å². The molecule has 0 aromatic heterocycles. The minimum Gasteiger partial charge on any atom is -0.0671 e. The van der Waals surface area contributed by atoms with Crippen molar-refractivity contribution in [3.05, 3.63) is 48.5 Å². The molecule has 3 aromatic carbocycles. The smallest absolute Gasteiger partial charge is 0.0671 e. The molecule has 20 heavy (non-hydrogen) atoms. The molecule has 0 saturated carbocycles. The normalized spacial score (nSPS) is 11.9. The summed E-state index contributed by atoms with van der Waals surface area (Å²) in [6.07, 6.45) is 0. The molecule has 0 aliphatic carbocycles. The third kappa shape index (κ3) is 2.13. The molecule has 0 unspecified atom stereocenters. The summed E-state index contributed by atoms with van der Waals surface area (Å²) in [7, 11) is -0.850. The molecule has 0 saturated heterocycles. The first-order valence-corrected chi connectivity index (χ1v) is 12.1. The lowest BCUT2D eigenvalue weighted by molar-refractivity contribution is 1.78. The molecule has 0 fully saturated rings. The van der Waals surface area contributed by atoms with Crippen LogP contribution in [-0.4, -0.2) is 17.6 Å². The van der Waals surface area contributed by atoms with Crippen molar-refractivity contribution in [1.29, 1.82) is 0 Å². The van der Waals surface area contributed by atoms with Gasteiger partial charge in [-0.15, -0.1) is 0 Å². The maximum atomic E-state index is 2.37. The predicted octanol–water partition coefficient (Wildman–Crippen LogP) is 3.92. The lowest BCUT2D eigenvalue weighted by Gasteiger charge is -2.14. The Kier molecular flexibility index (Phi) is 3.52. The molecule has 0 spiro atoms. The van der Waals surface area contributed by atoms with E-state index in [0.29, 0.717) is 0 Å². The van der Waals surface area contributed by atoms with Gasteiger partial charge in [-0.2, -0.15) is 0 Å². The Balaban J connectivity index is 2.43. The average Bonchev–Trinajstić information content (AvgIpc) is 2.45. The van der Waals surface area contributed by atoms with Crippen LogP contribution < -0.4 is 10.4 Å². The van der Waals surface area contributed by atoms with E-state index in [1.165, 1.54) is 21.5 Å². The van der Waals surface area contributed by atoms with Crippen LogP contribution in [0.5, 0.6) is 0 Å². The van der Waals surface area contributed by atoms with Crippen LogP contribution >= 0.6 is 0 Å². The summed E-state index contributed by atoms with van der Waals surface area (Å²) in [5, 5.41) is 8.87. The molecule has 0 nitrogen and oxygen atoms in total. The Morgan fingerprint density at radius 3 is 1.25 bits per heavy atom. The summed E-state index contributed by atoms with van der Waals surface area (Å²) in [6, 6.07) is 18.3. The van der Waals surface area contributed by atoms with Crippen molar-refractivity contribution < 1.29 is 0 Å². The van der Waals surface area contributed by atoms with Crippen LogP contribution in [0, 0.1) is 0 Å². The second-order valence-electron chi connectivity index (χ2n) is 5.87. The van der Waals surface area contributed by atoms with Gasteiger partial charge in [0, 0.05) is 0 Å². The van der Waals surface area contributed by atoms with Crippen LogP contribution in [0.4, 0.5) is 0 Å². The van der Waals surface area contributed by atoms with Crippen LogP contribution in [0.3, 0.4) is 0 Å².